The van der Waals surface area contributed by atoms with Gasteiger partial charge in [-0.15, -0.1) is 0 Å². The van der Waals surface area contributed by atoms with Gasteiger partial charge in [0.2, 0.25) is 0 Å². The summed E-state index contributed by atoms with van der Waals surface area (Å²) in [7, 11) is 0. The monoisotopic (exact) mass is 580 g/mol. The van der Waals surface area contributed by atoms with E-state index in [2.05, 4.69) is 31.8 Å². The lowest BCUT2D eigenvalue weighted by atomic mass is 10.1. The highest BCUT2D eigenvalue weighted by Gasteiger charge is 2.16. The number of anilines is 1. The highest BCUT2D eigenvalue weighted by molar-refractivity contribution is 9.10. The Bertz CT molecular complexity index is 1270. The molecule has 38 heavy (non-hydrogen) atoms. The van der Waals surface area contributed by atoms with Gasteiger partial charge in [0.05, 0.1) is 29.7 Å². The Morgan fingerprint density at radius 2 is 1.66 bits per heavy atom. The first-order valence-electron chi connectivity index (χ1n) is 12.3. The minimum atomic E-state index is -0.524. The van der Waals surface area contributed by atoms with E-state index in [0.717, 1.165) is 16.7 Å². The molecule has 2 atom stereocenters. The lowest BCUT2D eigenvalue weighted by molar-refractivity contribution is 0.0794. The van der Waals surface area contributed by atoms with Crippen LogP contribution < -0.4 is 10.7 Å². The normalized spacial score (nSPS) is 12.9. The van der Waals surface area contributed by atoms with E-state index in [1.807, 2.05) is 48.2 Å². The maximum atomic E-state index is 13.0. The molecule has 2 amide bonds. The zero-order chi connectivity index (χ0) is 27.7. The molecule has 0 radical (unpaired) electrons. The van der Waals surface area contributed by atoms with Gasteiger partial charge >= 0.3 is 0 Å². The van der Waals surface area contributed by atoms with E-state index in [-0.39, 0.29) is 11.5 Å². The Morgan fingerprint density at radius 1 is 0.974 bits per heavy atom. The van der Waals surface area contributed by atoms with Gasteiger partial charge in [0.1, 0.15) is 0 Å². The van der Waals surface area contributed by atoms with Crippen LogP contribution in [0.4, 0.5) is 5.69 Å². The molecule has 0 aliphatic rings. The SMILES string of the molecule is Cc1cccc(C=NNC(=O)c2cc(Br)ccc2NC(=O)c2ccc(CN(CC(C)O)CC(C)O)cc2)c1. The highest BCUT2D eigenvalue weighted by Crippen LogP contribution is 2.22. The first-order chi connectivity index (χ1) is 18.1. The van der Waals surface area contributed by atoms with Crippen LogP contribution in [-0.4, -0.2) is 58.4 Å². The van der Waals surface area contributed by atoms with Gasteiger partial charge in [-0.25, -0.2) is 5.43 Å². The molecule has 3 aromatic carbocycles. The van der Waals surface area contributed by atoms with E-state index in [0.29, 0.717) is 35.4 Å². The Kier molecular flexibility index (Phi) is 10.7. The number of hydrazone groups is 1. The minimum Gasteiger partial charge on any atom is -0.392 e. The molecule has 9 heteroatoms. The van der Waals surface area contributed by atoms with Crippen molar-refractivity contribution in [3.05, 3.63) is 99.0 Å². The van der Waals surface area contributed by atoms with Crippen molar-refractivity contribution in [1.82, 2.24) is 10.3 Å². The van der Waals surface area contributed by atoms with E-state index < -0.39 is 18.1 Å². The van der Waals surface area contributed by atoms with Crippen LogP contribution in [0.15, 0.2) is 76.3 Å². The molecule has 200 valence electrons. The number of halogens is 1. The quantitative estimate of drug-likeness (QED) is 0.199. The summed E-state index contributed by atoms with van der Waals surface area (Å²) in [5, 5.41) is 26.4. The molecule has 8 nitrogen and oxygen atoms in total. The van der Waals surface area contributed by atoms with Crippen LogP contribution in [0.5, 0.6) is 0 Å². The van der Waals surface area contributed by atoms with Crippen LogP contribution in [0.2, 0.25) is 0 Å². The van der Waals surface area contributed by atoms with Crippen LogP contribution in [-0.2, 0) is 6.54 Å². The topological polar surface area (TPSA) is 114 Å². The average molecular weight is 582 g/mol. The molecular formula is C29H33BrN4O4. The summed E-state index contributed by atoms with van der Waals surface area (Å²) in [5.74, 6) is -0.821. The number of aryl methyl sites for hydroxylation is 1. The number of benzene rings is 3. The van der Waals surface area contributed by atoms with Gasteiger partial charge in [0.25, 0.3) is 11.8 Å². The number of aliphatic hydroxyl groups is 2. The third-order valence-electron chi connectivity index (χ3n) is 5.56. The van der Waals surface area contributed by atoms with Gasteiger partial charge in [-0.3, -0.25) is 14.5 Å². The first-order valence-corrected chi connectivity index (χ1v) is 13.1. The molecule has 0 saturated heterocycles. The van der Waals surface area contributed by atoms with E-state index in [4.69, 9.17) is 0 Å². The lowest BCUT2D eigenvalue weighted by Crippen LogP contribution is -2.35. The van der Waals surface area contributed by atoms with Crippen molar-refractivity contribution in [1.29, 1.82) is 0 Å². The first kappa shape index (κ1) is 29.2. The van der Waals surface area contributed by atoms with Crippen molar-refractivity contribution < 1.29 is 19.8 Å². The minimum absolute atomic E-state index is 0.262. The number of hydrogen-bond donors (Lipinski definition) is 4. The Hall–Kier alpha value is -3.37. The van der Waals surface area contributed by atoms with Crippen LogP contribution in [0, 0.1) is 6.92 Å². The third-order valence-corrected chi connectivity index (χ3v) is 6.06. The van der Waals surface area contributed by atoms with Gasteiger partial charge < -0.3 is 15.5 Å². The molecule has 0 fully saturated rings. The summed E-state index contributed by atoms with van der Waals surface area (Å²) in [4.78, 5) is 27.8. The van der Waals surface area contributed by atoms with Crippen molar-refractivity contribution in [2.45, 2.75) is 39.5 Å². The highest BCUT2D eigenvalue weighted by atomic mass is 79.9. The number of hydrogen-bond acceptors (Lipinski definition) is 6. The van der Waals surface area contributed by atoms with E-state index in [1.165, 1.54) is 0 Å². The molecule has 4 N–H and O–H groups in total. The van der Waals surface area contributed by atoms with Crippen molar-refractivity contribution in [3.63, 3.8) is 0 Å². The number of rotatable bonds is 11. The molecule has 0 spiro atoms. The molecule has 0 saturated carbocycles. The number of amides is 2. The van der Waals surface area contributed by atoms with Gasteiger partial charge in [-0.1, -0.05) is 57.9 Å². The smallest absolute Gasteiger partial charge is 0.273 e. The molecule has 0 aliphatic carbocycles. The van der Waals surface area contributed by atoms with E-state index in [1.54, 1.807) is 50.4 Å². The molecule has 0 aromatic heterocycles. The summed E-state index contributed by atoms with van der Waals surface area (Å²) in [6.45, 7) is 6.76. The van der Waals surface area contributed by atoms with Crippen LogP contribution in [0.3, 0.4) is 0 Å². The summed E-state index contributed by atoms with van der Waals surface area (Å²) < 4.78 is 0.687. The predicted molar refractivity (Wildman–Crippen MR) is 153 cm³/mol. The Balaban J connectivity index is 1.68. The summed E-state index contributed by atoms with van der Waals surface area (Å²) in [6.07, 6.45) is 0.514. The second-order valence-corrected chi connectivity index (χ2v) is 10.3. The average Bonchev–Trinajstić information content (AvgIpc) is 2.84. The molecular weight excluding hydrogens is 548 g/mol. The van der Waals surface area contributed by atoms with Gasteiger partial charge in [0, 0.05) is 29.7 Å². The fourth-order valence-electron chi connectivity index (χ4n) is 3.95. The fourth-order valence-corrected chi connectivity index (χ4v) is 4.32. The molecule has 0 aliphatic heterocycles. The second-order valence-electron chi connectivity index (χ2n) is 9.35. The molecule has 2 unspecified atom stereocenters. The maximum Gasteiger partial charge on any atom is 0.273 e. The summed E-state index contributed by atoms with van der Waals surface area (Å²) >= 11 is 3.38. The van der Waals surface area contributed by atoms with Gasteiger partial charge in [0.15, 0.2) is 0 Å². The number of nitrogens with one attached hydrogen (secondary N) is 2. The molecule has 0 heterocycles. The number of carbonyl (C=O) groups is 2. The summed E-state index contributed by atoms with van der Waals surface area (Å²) in [5.41, 5.74) is 6.45. The van der Waals surface area contributed by atoms with Crippen LogP contribution in [0.1, 0.15) is 51.3 Å². The van der Waals surface area contributed by atoms with Gasteiger partial charge in [-0.2, -0.15) is 5.10 Å². The zero-order valence-electron chi connectivity index (χ0n) is 21.7. The standard InChI is InChI=1S/C29H33BrN4O4/c1-19-5-4-6-23(13-19)15-31-33-29(38)26-14-25(30)11-12-27(26)32-28(37)24-9-7-22(8-10-24)18-34(16-20(2)35)17-21(3)36/h4-15,20-21,35-36H,16-18H2,1-3H3,(H,32,37)(H,33,38). The van der Waals surface area contributed by atoms with Crippen LogP contribution in [0.25, 0.3) is 0 Å². The maximum absolute atomic E-state index is 13.0. The van der Waals surface area contributed by atoms with Crippen molar-refractivity contribution in [3.8, 4) is 0 Å². The third kappa shape index (κ3) is 9.18. The molecule has 3 rings (SSSR count). The van der Waals surface area contributed by atoms with Crippen molar-refractivity contribution >= 4 is 39.6 Å². The van der Waals surface area contributed by atoms with Crippen LogP contribution >= 0.6 is 15.9 Å². The van der Waals surface area contributed by atoms with Gasteiger partial charge in [-0.05, 0) is 62.2 Å². The zero-order valence-corrected chi connectivity index (χ0v) is 23.3. The second kappa shape index (κ2) is 14.0. The van der Waals surface area contributed by atoms with Crippen molar-refractivity contribution in [2.75, 3.05) is 18.4 Å². The largest absolute Gasteiger partial charge is 0.392 e. The predicted octanol–water partition coefficient (Wildman–Crippen LogP) is 4.34. The Labute approximate surface area is 231 Å². The number of nitrogens with zero attached hydrogens (tertiary/aromatic N) is 2. The fraction of sp³-hybridized carbons (Fsp3) is 0.276. The molecule has 0 bridgehead atoms. The Morgan fingerprint density at radius 3 is 2.29 bits per heavy atom. The van der Waals surface area contributed by atoms with E-state index >= 15 is 0 Å². The molecule has 3 aromatic rings. The lowest BCUT2D eigenvalue weighted by Gasteiger charge is -2.25. The number of aliphatic hydroxyl groups excluding tert-OH is 2. The van der Waals surface area contributed by atoms with E-state index in [9.17, 15) is 19.8 Å². The number of carbonyl (C=O) groups excluding carboxylic acids is 2. The summed E-state index contributed by atoms with van der Waals surface area (Å²) in [6, 6.07) is 19.8. The van der Waals surface area contributed by atoms with Crippen molar-refractivity contribution in [2.24, 2.45) is 5.10 Å².